The zero-order valence-electron chi connectivity index (χ0n) is 15.8. The predicted molar refractivity (Wildman–Crippen MR) is 118 cm³/mol. The first-order valence-corrected chi connectivity index (χ1v) is 9.78. The minimum absolute atomic E-state index is 0.214. The summed E-state index contributed by atoms with van der Waals surface area (Å²) in [5.41, 5.74) is 3.54. The summed E-state index contributed by atoms with van der Waals surface area (Å²) in [6, 6.07) is 25.2. The summed E-state index contributed by atoms with van der Waals surface area (Å²) >= 11 is 6.13. The van der Waals surface area contributed by atoms with Crippen LogP contribution in [0.1, 0.15) is 21.7 Å². The lowest BCUT2D eigenvalue weighted by atomic mass is 10.2. The van der Waals surface area contributed by atoms with E-state index in [1.54, 1.807) is 24.3 Å². The molecule has 0 aliphatic rings. The Morgan fingerprint density at radius 3 is 2.52 bits per heavy atom. The lowest BCUT2D eigenvalue weighted by Crippen LogP contribution is -2.25. The van der Waals surface area contributed by atoms with Crippen LogP contribution in [0.3, 0.4) is 0 Å². The zero-order valence-corrected chi connectivity index (χ0v) is 16.5. The molecular weight excluding hydrogens is 382 g/mol. The third-order valence-electron chi connectivity index (χ3n) is 4.66. The first kappa shape index (κ1) is 19.0. The maximum atomic E-state index is 12.5. The van der Waals surface area contributed by atoms with E-state index in [1.165, 1.54) is 0 Å². The number of carbonyl (C=O) groups is 1. The van der Waals surface area contributed by atoms with Crippen LogP contribution in [0.4, 0.5) is 0 Å². The maximum absolute atomic E-state index is 12.5. The number of rotatable bonds is 6. The number of hydrogen-bond donors (Lipinski definition) is 1. The quantitative estimate of drug-likeness (QED) is 0.474. The van der Waals surface area contributed by atoms with E-state index in [2.05, 4.69) is 34.2 Å². The highest BCUT2D eigenvalue weighted by Gasteiger charge is 2.13. The number of allylic oxidation sites excluding steroid dienone is 1. The Bertz CT molecular complexity index is 1170. The number of benzene rings is 3. The van der Waals surface area contributed by atoms with Gasteiger partial charge in [-0.25, -0.2) is 4.98 Å². The van der Waals surface area contributed by atoms with E-state index in [4.69, 9.17) is 16.6 Å². The molecule has 0 unspecified atom stereocenters. The molecular formula is C24H20ClN3O. The highest BCUT2D eigenvalue weighted by atomic mass is 35.5. The van der Waals surface area contributed by atoms with Crippen LogP contribution in [0.2, 0.25) is 5.02 Å². The molecule has 1 amide bonds. The van der Waals surface area contributed by atoms with Crippen molar-refractivity contribution in [2.45, 2.75) is 13.1 Å². The number of carbonyl (C=O) groups excluding carboxylic acids is 1. The Kier molecular flexibility index (Phi) is 5.73. The van der Waals surface area contributed by atoms with Gasteiger partial charge in [-0.1, -0.05) is 78.4 Å². The monoisotopic (exact) mass is 401 g/mol. The number of nitrogens with one attached hydrogen (secondary N) is 1. The molecule has 5 heteroatoms. The molecule has 1 N–H and O–H groups in total. The van der Waals surface area contributed by atoms with Gasteiger partial charge < -0.3 is 9.88 Å². The van der Waals surface area contributed by atoms with Crippen LogP contribution >= 0.6 is 11.6 Å². The largest absolute Gasteiger partial charge is 0.345 e. The molecule has 0 atom stereocenters. The molecule has 144 valence electrons. The minimum atomic E-state index is -0.214. The number of amides is 1. The summed E-state index contributed by atoms with van der Waals surface area (Å²) in [4.78, 5) is 17.2. The van der Waals surface area contributed by atoms with Gasteiger partial charge in [-0.15, -0.1) is 0 Å². The summed E-state index contributed by atoms with van der Waals surface area (Å²) in [5, 5.41) is 3.37. The third-order valence-corrected chi connectivity index (χ3v) is 4.99. The Balaban J connectivity index is 1.55. The van der Waals surface area contributed by atoms with Gasteiger partial charge in [0.1, 0.15) is 5.82 Å². The van der Waals surface area contributed by atoms with Crippen molar-refractivity contribution >= 4 is 34.6 Å². The molecule has 3 aromatic carbocycles. The Labute approximate surface area is 174 Å². The van der Waals surface area contributed by atoms with Crippen molar-refractivity contribution in [3.63, 3.8) is 0 Å². The fourth-order valence-electron chi connectivity index (χ4n) is 3.22. The fourth-order valence-corrected chi connectivity index (χ4v) is 3.44. The zero-order chi connectivity index (χ0) is 20.1. The number of imidazole rings is 1. The van der Waals surface area contributed by atoms with Crippen LogP contribution in [-0.4, -0.2) is 15.5 Å². The topological polar surface area (TPSA) is 46.9 Å². The smallest absolute Gasteiger partial charge is 0.253 e. The minimum Gasteiger partial charge on any atom is -0.345 e. The summed E-state index contributed by atoms with van der Waals surface area (Å²) < 4.78 is 2.11. The first-order valence-electron chi connectivity index (χ1n) is 9.41. The van der Waals surface area contributed by atoms with Crippen molar-refractivity contribution in [2.24, 2.45) is 0 Å². The van der Waals surface area contributed by atoms with Gasteiger partial charge >= 0.3 is 0 Å². The van der Waals surface area contributed by atoms with Crippen LogP contribution < -0.4 is 5.32 Å². The molecule has 4 nitrogen and oxygen atoms in total. The van der Waals surface area contributed by atoms with E-state index in [1.807, 2.05) is 42.5 Å². The number of para-hydroxylation sites is 2. The van der Waals surface area contributed by atoms with Crippen molar-refractivity contribution in [2.75, 3.05) is 0 Å². The highest BCUT2D eigenvalue weighted by molar-refractivity contribution is 6.33. The number of nitrogens with zero attached hydrogens (tertiary/aromatic N) is 2. The summed E-state index contributed by atoms with van der Waals surface area (Å²) in [6.07, 6.45) is 4.18. The van der Waals surface area contributed by atoms with E-state index in [9.17, 15) is 4.79 Å². The summed E-state index contributed by atoms with van der Waals surface area (Å²) in [5.74, 6) is 0.582. The SMILES string of the molecule is O=C(NCc1nc2ccccc2n1C/C=C/c1ccccc1)c1ccccc1Cl. The second-order valence-electron chi connectivity index (χ2n) is 6.60. The second kappa shape index (κ2) is 8.76. The normalized spacial score (nSPS) is 11.2. The lowest BCUT2D eigenvalue weighted by Gasteiger charge is -2.09. The summed E-state index contributed by atoms with van der Waals surface area (Å²) in [7, 11) is 0. The molecule has 0 bridgehead atoms. The van der Waals surface area contributed by atoms with Crippen molar-refractivity contribution in [1.82, 2.24) is 14.9 Å². The number of hydrogen-bond acceptors (Lipinski definition) is 2. The van der Waals surface area contributed by atoms with Gasteiger partial charge in [0.2, 0.25) is 0 Å². The maximum Gasteiger partial charge on any atom is 0.253 e. The Morgan fingerprint density at radius 2 is 1.69 bits per heavy atom. The second-order valence-corrected chi connectivity index (χ2v) is 7.01. The van der Waals surface area contributed by atoms with Crippen LogP contribution in [0.25, 0.3) is 17.1 Å². The molecule has 0 aliphatic carbocycles. The average molecular weight is 402 g/mol. The van der Waals surface area contributed by atoms with Gasteiger partial charge in [0, 0.05) is 6.54 Å². The first-order chi connectivity index (χ1) is 14.2. The fraction of sp³-hybridized carbons (Fsp3) is 0.0833. The molecule has 0 radical (unpaired) electrons. The van der Waals surface area contributed by atoms with E-state index in [-0.39, 0.29) is 5.91 Å². The molecule has 0 fully saturated rings. The molecule has 29 heavy (non-hydrogen) atoms. The molecule has 0 spiro atoms. The van der Waals surface area contributed by atoms with Crippen LogP contribution in [0.5, 0.6) is 0 Å². The lowest BCUT2D eigenvalue weighted by molar-refractivity contribution is 0.0949. The van der Waals surface area contributed by atoms with Gasteiger partial charge in [0.25, 0.3) is 5.91 Å². The van der Waals surface area contributed by atoms with Crippen LogP contribution in [0, 0.1) is 0 Å². The van der Waals surface area contributed by atoms with Gasteiger partial charge in [-0.3, -0.25) is 4.79 Å². The molecule has 4 rings (SSSR count). The Morgan fingerprint density at radius 1 is 0.966 bits per heavy atom. The number of aromatic nitrogens is 2. The molecule has 0 saturated heterocycles. The third kappa shape index (κ3) is 4.39. The van der Waals surface area contributed by atoms with Crippen molar-refractivity contribution in [1.29, 1.82) is 0 Å². The van der Waals surface area contributed by atoms with Gasteiger partial charge in [-0.2, -0.15) is 0 Å². The van der Waals surface area contributed by atoms with Crippen molar-refractivity contribution in [3.05, 3.63) is 107 Å². The molecule has 1 aromatic heterocycles. The van der Waals surface area contributed by atoms with E-state index in [0.29, 0.717) is 23.7 Å². The highest BCUT2D eigenvalue weighted by Crippen LogP contribution is 2.18. The molecule has 1 heterocycles. The van der Waals surface area contributed by atoms with E-state index >= 15 is 0 Å². The van der Waals surface area contributed by atoms with E-state index < -0.39 is 0 Å². The van der Waals surface area contributed by atoms with Crippen molar-refractivity contribution < 1.29 is 4.79 Å². The van der Waals surface area contributed by atoms with E-state index in [0.717, 1.165) is 22.4 Å². The standard InChI is InChI=1S/C24H20ClN3O/c25-20-13-5-4-12-19(20)24(29)26-17-23-27-21-14-6-7-15-22(21)28(23)16-8-11-18-9-2-1-3-10-18/h1-15H,16-17H2,(H,26,29)/b11-8+. The summed E-state index contributed by atoms with van der Waals surface area (Å²) in [6.45, 7) is 0.977. The number of fused-ring (bicyclic) bond motifs is 1. The van der Waals surface area contributed by atoms with Gasteiger partial charge in [-0.05, 0) is 29.8 Å². The predicted octanol–water partition coefficient (Wildman–Crippen LogP) is 5.33. The average Bonchev–Trinajstić information content (AvgIpc) is 3.11. The van der Waals surface area contributed by atoms with Crippen LogP contribution in [-0.2, 0) is 13.1 Å². The molecule has 0 aliphatic heterocycles. The van der Waals surface area contributed by atoms with Crippen LogP contribution in [0.15, 0.2) is 84.9 Å². The number of halogens is 1. The Hall–Kier alpha value is -3.37. The van der Waals surface area contributed by atoms with Gasteiger partial charge in [0.05, 0.1) is 28.2 Å². The van der Waals surface area contributed by atoms with Crippen molar-refractivity contribution in [3.8, 4) is 0 Å². The van der Waals surface area contributed by atoms with Gasteiger partial charge in [0.15, 0.2) is 0 Å². The molecule has 0 saturated carbocycles. The molecule has 4 aromatic rings.